The van der Waals surface area contributed by atoms with Crippen LogP contribution in [0.25, 0.3) is 0 Å². The van der Waals surface area contributed by atoms with Gasteiger partial charge in [-0.3, -0.25) is 14.4 Å². The highest BCUT2D eigenvalue weighted by molar-refractivity contribution is 6.03. The van der Waals surface area contributed by atoms with E-state index in [1.165, 1.54) is 11.0 Å². The van der Waals surface area contributed by atoms with Gasteiger partial charge < -0.3 is 19.9 Å². The standard InChI is InChI=1S/C16H16F3N3O4/c1-21-10-5-2-4-9(13(10)26-8-12(21)23)20-14(24)11-6-3-7-22(11)15(25)16(17,18)19/h2,4-5,11H,3,6-8H2,1H3,(H,20,24). The topological polar surface area (TPSA) is 79.0 Å². The summed E-state index contributed by atoms with van der Waals surface area (Å²) in [5.41, 5.74) is 0.673. The van der Waals surface area contributed by atoms with Crippen LogP contribution in [0.3, 0.4) is 0 Å². The fraction of sp³-hybridized carbons (Fsp3) is 0.438. The van der Waals surface area contributed by atoms with Crippen LogP contribution in [0, 0.1) is 0 Å². The van der Waals surface area contributed by atoms with E-state index in [9.17, 15) is 27.6 Å². The number of halogens is 3. The largest absolute Gasteiger partial charge is 0.479 e. The molecule has 1 aromatic rings. The molecule has 1 unspecified atom stereocenters. The summed E-state index contributed by atoms with van der Waals surface area (Å²) in [6.45, 7) is -0.338. The van der Waals surface area contributed by atoms with Crippen molar-refractivity contribution in [3.8, 4) is 5.75 Å². The van der Waals surface area contributed by atoms with Crippen LogP contribution in [0.1, 0.15) is 12.8 Å². The lowest BCUT2D eigenvalue weighted by molar-refractivity contribution is -0.186. The molecule has 2 aliphatic rings. The van der Waals surface area contributed by atoms with Crippen molar-refractivity contribution in [2.45, 2.75) is 25.1 Å². The van der Waals surface area contributed by atoms with E-state index in [0.29, 0.717) is 17.0 Å². The monoisotopic (exact) mass is 371 g/mol. The maximum atomic E-state index is 12.7. The number of hydrogen-bond acceptors (Lipinski definition) is 4. The van der Waals surface area contributed by atoms with E-state index in [0.717, 1.165) is 0 Å². The third kappa shape index (κ3) is 3.18. The van der Waals surface area contributed by atoms with Crippen molar-refractivity contribution in [3.05, 3.63) is 18.2 Å². The minimum atomic E-state index is -5.03. The van der Waals surface area contributed by atoms with E-state index in [1.807, 2.05) is 0 Å². The summed E-state index contributed by atoms with van der Waals surface area (Å²) in [4.78, 5) is 37.6. The number of alkyl halides is 3. The number of benzene rings is 1. The zero-order valence-corrected chi connectivity index (χ0v) is 13.8. The summed E-state index contributed by atoms with van der Waals surface area (Å²) in [6.07, 6.45) is -4.58. The Bertz CT molecular complexity index is 766. The number of nitrogens with zero attached hydrogens (tertiary/aromatic N) is 2. The molecule has 2 aliphatic heterocycles. The lowest BCUT2D eigenvalue weighted by Crippen LogP contribution is -2.48. The number of nitrogens with one attached hydrogen (secondary N) is 1. The van der Waals surface area contributed by atoms with Gasteiger partial charge in [-0.2, -0.15) is 13.2 Å². The van der Waals surface area contributed by atoms with Gasteiger partial charge in [-0.05, 0) is 25.0 Å². The number of hydrogen-bond donors (Lipinski definition) is 1. The minimum Gasteiger partial charge on any atom is -0.479 e. The maximum Gasteiger partial charge on any atom is 0.471 e. The summed E-state index contributed by atoms with van der Waals surface area (Å²) < 4.78 is 43.4. The van der Waals surface area contributed by atoms with E-state index < -0.39 is 24.0 Å². The molecule has 0 aromatic heterocycles. The number of para-hydroxylation sites is 1. The van der Waals surface area contributed by atoms with Gasteiger partial charge in [0.1, 0.15) is 6.04 Å². The average molecular weight is 371 g/mol. The zero-order chi connectivity index (χ0) is 19.1. The van der Waals surface area contributed by atoms with Crippen LogP contribution in [-0.4, -0.2) is 55.0 Å². The third-order valence-corrected chi connectivity index (χ3v) is 4.39. The van der Waals surface area contributed by atoms with Gasteiger partial charge in [-0.15, -0.1) is 0 Å². The van der Waals surface area contributed by atoms with Crippen molar-refractivity contribution in [2.75, 3.05) is 30.4 Å². The highest BCUT2D eigenvalue weighted by Crippen LogP contribution is 2.38. The lowest BCUT2D eigenvalue weighted by atomic mass is 10.1. The molecule has 1 aromatic carbocycles. The molecule has 26 heavy (non-hydrogen) atoms. The van der Waals surface area contributed by atoms with E-state index in [2.05, 4.69) is 5.32 Å². The molecule has 3 rings (SSSR count). The van der Waals surface area contributed by atoms with Crippen LogP contribution in [0.15, 0.2) is 18.2 Å². The quantitative estimate of drug-likeness (QED) is 0.855. The fourth-order valence-corrected chi connectivity index (χ4v) is 3.07. The predicted octanol–water partition coefficient (Wildman–Crippen LogP) is 1.53. The highest BCUT2D eigenvalue weighted by atomic mass is 19.4. The van der Waals surface area contributed by atoms with Gasteiger partial charge in [0.25, 0.3) is 5.91 Å². The van der Waals surface area contributed by atoms with Crippen molar-refractivity contribution in [3.63, 3.8) is 0 Å². The molecule has 1 N–H and O–H groups in total. The molecule has 0 aliphatic carbocycles. The van der Waals surface area contributed by atoms with Gasteiger partial charge in [0.15, 0.2) is 12.4 Å². The molecule has 1 atom stereocenters. The Hall–Kier alpha value is -2.78. The smallest absolute Gasteiger partial charge is 0.471 e. The zero-order valence-electron chi connectivity index (χ0n) is 13.8. The third-order valence-electron chi connectivity index (χ3n) is 4.39. The Labute approximate surface area is 146 Å². The molecule has 0 spiro atoms. The summed E-state index contributed by atoms with van der Waals surface area (Å²) in [6, 6.07) is 3.52. The van der Waals surface area contributed by atoms with Crippen LogP contribution >= 0.6 is 0 Å². The number of fused-ring (bicyclic) bond motifs is 1. The lowest BCUT2D eigenvalue weighted by Gasteiger charge is -2.28. The molecule has 0 bridgehead atoms. The van der Waals surface area contributed by atoms with Gasteiger partial charge in [0.05, 0.1) is 11.4 Å². The summed E-state index contributed by atoms with van der Waals surface area (Å²) in [5.74, 6) is -2.75. The molecule has 7 nitrogen and oxygen atoms in total. The molecule has 1 fully saturated rings. The number of rotatable bonds is 2. The number of ether oxygens (including phenoxy) is 1. The summed E-state index contributed by atoms with van der Waals surface area (Å²) in [5, 5.41) is 2.52. The van der Waals surface area contributed by atoms with Crippen LogP contribution in [0.5, 0.6) is 5.75 Å². The molecular formula is C16H16F3N3O4. The Morgan fingerprint density at radius 1 is 1.31 bits per heavy atom. The fourth-order valence-electron chi connectivity index (χ4n) is 3.07. The molecule has 1 saturated heterocycles. The predicted molar refractivity (Wildman–Crippen MR) is 84.8 cm³/mol. The van der Waals surface area contributed by atoms with Crippen molar-refractivity contribution < 1.29 is 32.3 Å². The first-order valence-corrected chi connectivity index (χ1v) is 7.91. The number of carbonyl (C=O) groups is 3. The number of amides is 3. The van der Waals surface area contributed by atoms with Gasteiger partial charge in [-0.1, -0.05) is 6.07 Å². The number of likely N-dealkylation sites (N-methyl/N-ethyl adjacent to an activating group) is 1. The first-order valence-electron chi connectivity index (χ1n) is 7.91. The minimum absolute atomic E-state index is 0.128. The Balaban J connectivity index is 1.81. The summed E-state index contributed by atoms with van der Waals surface area (Å²) in [7, 11) is 1.55. The first-order chi connectivity index (χ1) is 12.2. The molecule has 2 heterocycles. The van der Waals surface area contributed by atoms with Crippen molar-refractivity contribution in [1.29, 1.82) is 0 Å². The average Bonchev–Trinajstić information content (AvgIpc) is 3.06. The molecule has 140 valence electrons. The molecular weight excluding hydrogens is 355 g/mol. The first kappa shape index (κ1) is 18.0. The van der Waals surface area contributed by atoms with Crippen molar-refractivity contribution >= 4 is 29.1 Å². The Morgan fingerprint density at radius 2 is 2.04 bits per heavy atom. The Morgan fingerprint density at radius 3 is 2.73 bits per heavy atom. The second-order valence-electron chi connectivity index (χ2n) is 6.04. The van der Waals surface area contributed by atoms with Crippen molar-refractivity contribution in [1.82, 2.24) is 4.90 Å². The van der Waals surface area contributed by atoms with Gasteiger partial charge in [-0.25, -0.2) is 0 Å². The highest BCUT2D eigenvalue weighted by Gasteiger charge is 2.47. The number of likely N-dealkylation sites (tertiary alicyclic amines) is 1. The number of carbonyl (C=O) groups excluding carboxylic acids is 3. The second-order valence-corrected chi connectivity index (χ2v) is 6.04. The van der Waals surface area contributed by atoms with E-state index in [-0.39, 0.29) is 36.9 Å². The normalized spacial score (nSPS) is 19.8. The van der Waals surface area contributed by atoms with E-state index in [4.69, 9.17) is 4.74 Å². The van der Waals surface area contributed by atoms with E-state index >= 15 is 0 Å². The summed E-state index contributed by atoms with van der Waals surface area (Å²) >= 11 is 0. The van der Waals surface area contributed by atoms with Crippen LogP contribution < -0.4 is 15.0 Å². The molecule has 0 radical (unpaired) electrons. The maximum absolute atomic E-state index is 12.7. The van der Waals surface area contributed by atoms with Crippen LogP contribution in [0.4, 0.5) is 24.5 Å². The van der Waals surface area contributed by atoms with Crippen LogP contribution in [0.2, 0.25) is 0 Å². The molecule has 0 saturated carbocycles. The van der Waals surface area contributed by atoms with Crippen LogP contribution in [-0.2, 0) is 14.4 Å². The van der Waals surface area contributed by atoms with Crippen molar-refractivity contribution in [2.24, 2.45) is 0 Å². The SMILES string of the molecule is CN1C(=O)COc2c(NC(=O)C3CCCN3C(=O)C(F)(F)F)cccc21. The van der Waals surface area contributed by atoms with Gasteiger partial charge in [0, 0.05) is 13.6 Å². The van der Waals surface area contributed by atoms with Gasteiger partial charge >= 0.3 is 12.1 Å². The van der Waals surface area contributed by atoms with E-state index in [1.54, 1.807) is 19.2 Å². The van der Waals surface area contributed by atoms with Gasteiger partial charge in [0.2, 0.25) is 5.91 Å². The second kappa shape index (κ2) is 6.50. The molecule has 10 heteroatoms. The Kier molecular flexibility index (Phi) is 4.51. The number of anilines is 2. The molecule has 3 amide bonds.